The van der Waals surface area contributed by atoms with Crippen molar-refractivity contribution in [2.75, 3.05) is 18.6 Å². The van der Waals surface area contributed by atoms with Crippen LogP contribution in [0.25, 0.3) is 0 Å². The fourth-order valence-electron chi connectivity index (χ4n) is 1.94. The Morgan fingerprint density at radius 1 is 1.72 bits per heavy atom. The van der Waals surface area contributed by atoms with Crippen LogP contribution >= 0.6 is 11.8 Å². The average molecular weight is 270 g/mol. The molecule has 0 bridgehead atoms. The predicted octanol–water partition coefficient (Wildman–Crippen LogP) is 0.975. The molecule has 0 radical (unpaired) electrons. The molecular formula is C11H18N4O2S. The number of rotatable bonds is 5. The van der Waals surface area contributed by atoms with Crippen molar-refractivity contribution in [1.82, 2.24) is 20.8 Å². The van der Waals surface area contributed by atoms with Gasteiger partial charge in [-0.3, -0.25) is 4.79 Å². The maximum atomic E-state index is 11.8. The van der Waals surface area contributed by atoms with Crippen LogP contribution in [-0.2, 0) is 0 Å². The van der Waals surface area contributed by atoms with Gasteiger partial charge < -0.3 is 15.2 Å². The maximum absolute atomic E-state index is 11.8. The van der Waals surface area contributed by atoms with Gasteiger partial charge in [-0.1, -0.05) is 5.16 Å². The van der Waals surface area contributed by atoms with Crippen molar-refractivity contribution in [2.45, 2.75) is 31.8 Å². The molecule has 1 aromatic rings. The lowest BCUT2D eigenvalue weighted by molar-refractivity contribution is 0.0930. The smallest absolute Gasteiger partial charge is 0.292 e. The first-order chi connectivity index (χ1) is 8.70. The molecule has 1 aliphatic heterocycles. The van der Waals surface area contributed by atoms with E-state index < -0.39 is 0 Å². The summed E-state index contributed by atoms with van der Waals surface area (Å²) in [6, 6.07) is 0.196. The molecule has 2 atom stereocenters. The van der Waals surface area contributed by atoms with Crippen molar-refractivity contribution in [3.05, 3.63) is 11.7 Å². The largest absolute Gasteiger partial charge is 0.346 e. The van der Waals surface area contributed by atoms with E-state index >= 15 is 0 Å². The average Bonchev–Trinajstić information content (AvgIpc) is 3.00. The second kappa shape index (κ2) is 6.19. The van der Waals surface area contributed by atoms with Gasteiger partial charge >= 0.3 is 0 Å². The fourth-order valence-corrected chi connectivity index (χ4v) is 2.53. The number of amides is 1. The van der Waals surface area contributed by atoms with Gasteiger partial charge in [0.15, 0.2) is 0 Å². The molecule has 0 spiro atoms. The number of hydrogen-bond donors (Lipinski definition) is 2. The van der Waals surface area contributed by atoms with E-state index in [0.29, 0.717) is 5.89 Å². The van der Waals surface area contributed by atoms with Crippen LogP contribution in [0.1, 0.15) is 42.3 Å². The number of thioether (sulfide) groups is 1. The minimum Gasteiger partial charge on any atom is -0.346 e. The Bertz CT molecular complexity index is 404. The SMILES string of the molecule is CSCC(C)NC(=O)c1noc(C2CCCN2)n1. The summed E-state index contributed by atoms with van der Waals surface area (Å²) in [6.45, 7) is 2.91. The lowest BCUT2D eigenvalue weighted by Crippen LogP contribution is -2.34. The molecule has 2 heterocycles. The van der Waals surface area contributed by atoms with Crippen molar-refractivity contribution in [3.63, 3.8) is 0 Å². The van der Waals surface area contributed by atoms with Crippen molar-refractivity contribution in [2.24, 2.45) is 0 Å². The van der Waals surface area contributed by atoms with Crippen LogP contribution in [0.15, 0.2) is 4.52 Å². The molecule has 1 amide bonds. The molecule has 0 saturated carbocycles. The summed E-state index contributed by atoms with van der Waals surface area (Å²) in [4.78, 5) is 16.0. The van der Waals surface area contributed by atoms with Crippen LogP contribution in [0, 0.1) is 0 Å². The lowest BCUT2D eigenvalue weighted by Gasteiger charge is -2.09. The monoisotopic (exact) mass is 270 g/mol. The van der Waals surface area contributed by atoms with Gasteiger partial charge in [0.2, 0.25) is 5.89 Å². The van der Waals surface area contributed by atoms with Crippen molar-refractivity contribution in [1.29, 1.82) is 0 Å². The van der Waals surface area contributed by atoms with Gasteiger partial charge in [0, 0.05) is 11.8 Å². The van der Waals surface area contributed by atoms with Crippen LogP contribution in [0.2, 0.25) is 0 Å². The molecule has 18 heavy (non-hydrogen) atoms. The number of hydrogen-bond acceptors (Lipinski definition) is 6. The Kier molecular flexibility index (Phi) is 4.60. The van der Waals surface area contributed by atoms with Crippen molar-refractivity contribution < 1.29 is 9.32 Å². The highest BCUT2D eigenvalue weighted by Gasteiger charge is 2.24. The molecule has 1 aliphatic rings. The summed E-state index contributed by atoms with van der Waals surface area (Å²) in [5.74, 6) is 1.21. The predicted molar refractivity (Wildman–Crippen MR) is 69.6 cm³/mol. The molecule has 2 unspecified atom stereocenters. The summed E-state index contributed by atoms with van der Waals surface area (Å²) in [5, 5.41) is 9.82. The highest BCUT2D eigenvalue weighted by atomic mass is 32.2. The number of carbonyl (C=O) groups excluding carboxylic acids is 1. The quantitative estimate of drug-likeness (QED) is 0.830. The molecule has 7 heteroatoms. The molecular weight excluding hydrogens is 252 g/mol. The number of nitrogens with zero attached hydrogens (tertiary/aromatic N) is 2. The van der Waals surface area contributed by atoms with Gasteiger partial charge in [0.25, 0.3) is 11.7 Å². The van der Waals surface area contributed by atoms with Gasteiger partial charge in [-0.15, -0.1) is 0 Å². The minimum atomic E-state index is -0.274. The third-order valence-corrected chi connectivity index (χ3v) is 3.63. The standard InChI is InChI=1S/C11H18N4O2S/c1-7(6-18-2)13-10(16)9-14-11(17-15-9)8-4-3-5-12-8/h7-8,12H,3-6H2,1-2H3,(H,13,16). The molecule has 1 saturated heterocycles. The van der Waals surface area contributed by atoms with Crippen LogP contribution in [0.4, 0.5) is 0 Å². The van der Waals surface area contributed by atoms with Crippen LogP contribution in [0.5, 0.6) is 0 Å². The van der Waals surface area contributed by atoms with E-state index in [0.717, 1.165) is 25.1 Å². The number of aromatic nitrogens is 2. The van der Waals surface area contributed by atoms with Gasteiger partial charge in [0.1, 0.15) is 0 Å². The topological polar surface area (TPSA) is 80.0 Å². The Hall–Kier alpha value is -1.08. The molecule has 2 N–H and O–H groups in total. The summed E-state index contributed by atoms with van der Waals surface area (Å²) in [7, 11) is 0. The van der Waals surface area contributed by atoms with Gasteiger partial charge in [-0.2, -0.15) is 16.7 Å². The lowest BCUT2D eigenvalue weighted by atomic mass is 10.2. The van der Waals surface area contributed by atoms with E-state index in [1.165, 1.54) is 0 Å². The molecule has 1 aromatic heterocycles. The summed E-state index contributed by atoms with van der Waals surface area (Å²) < 4.78 is 5.12. The first-order valence-corrected chi connectivity index (χ1v) is 7.47. The van der Waals surface area contributed by atoms with Crippen LogP contribution in [-0.4, -0.2) is 40.6 Å². The molecule has 1 fully saturated rings. The Morgan fingerprint density at radius 3 is 3.22 bits per heavy atom. The van der Waals surface area contributed by atoms with Gasteiger partial charge in [-0.05, 0) is 32.6 Å². The zero-order valence-corrected chi connectivity index (χ0v) is 11.4. The first-order valence-electron chi connectivity index (χ1n) is 6.07. The summed E-state index contributed by atoms with van der Waals surface area (Å²) in [6.07, 6.45) is 4.08. The number of carbonyl (C=O) groups is 1. The third kappa shape index (κ3) is 3.23. The molecule has 0 aromatic carbocycles. The second-order valence-electron chi connectivity index (χ2n) is 4.44. The highest BCUT2D eigenvalue weighted by Crippen LogP contribution is 2.20. The molecule has 0 aliphatic carbocycles. The molecule has 100 valence electrons. The fraction of sp³-hybridized carbons (Fsp3) is 0.727. The summed E-state index contributed by atoms with van der Waals surface area (Å²) in [5.41, 5.74) is 0. The normalized spacial score (nSPS) is 20.9. The molecule has 2 rings (SSSR count). The minimum absolute atomic E-state index is 0.0963. The van der Waals surface area contributed by atoms with E-state index in [-0.39, 0.29) is 23.8 Å². The zero-order chi connectivity index (χ0) is 13.0. The Labute approximate surface area is 110 Å². The zero-order valence-electron chi connectivity index (χ0n) is 10.6. The van der Waals surface area contributed by atoms with E-state index in [1.54, 1.807) is 11.8 Å². The first kappa shape index (κ1) is 13.4. The summed E-state index contributed by atoms with van der Waals surface area (Å²) >= 11 is 1.68. The van der Waals surface area contributed by atoms with Crippen molar-refractivity contribution in [3.8, 4) is 0 Å². The van der Waals surface area contributed by atoms with E-state index in [4.69, 9.17) is 4.52 Å². The van der Waals surface area contributed by atoms with Crippen LogP contribution < -0.4 is 10.6 Å². The Morgan fingerprint density at radius 2 is 2.56 bits per heavy atom. The second-order valence-corrected chi connectivity index (χ2v) is 5.35. The molecule has 6 nitrogen and oxygen atoms in total. The maximum Gasteiger partial charge on any atom is 0.292 e. The van der Waals surface area contributed by atoms with E-state index in [2.05, 4.69) is 20.8 Å². The Balaban J connectivity index is 1.94. The van der Waals surface area contributed by atoms with Gasteiger partial charge in [0.05, 0.1) is 6.04 Å². The van der Waals surface area contributed by atoms with Crippen LogP contribution in [0.3, 0.4) is 0 Å². The van der Waals surface area contributed by atoms with Gasteiger partial charge in [-0.25, -0.2) is 0 Å². The highest BCUT2D eigenvalue weighted by molar-refractivity contribution is 7.98. The third-order valence-electron chi connectivity index (χ3n) is 2.80. The van der Waals surface area contributed by atoms with Crippen molar-refractivity contribution >= 4 is 17.7 Å². The van der Waals surface area contributed by atoms with E-state index in [1.807, 2.05) is 13.2 Å². The number of nitrogens with one attached hydrogen (secondary N) is 2. The van der Waals surface area contributed by atoms with E-state index in [9.17, 15) is 4.79 Å².